The van der Waals surface area contributed by atoms with Crippen molar-refractivity contribution < 1.29 is 4.74 Å². The average Bonchev–Trinajstić information content (AvgIpc) is 2.48. The predicted molar refractivity (Wildman–Crippen MR) is 82.8 cm³/mol. The number of halogens is 2. The van der Waals surface area contributed by atoms with Gasteiger partial charge in [0, 0.05) is 11.8 Å². The van der Waals surface area contributed by atoms with Crippen LogP contribution in [0.5, 0.6) is 5.75 Å². The average molecular weight is 311 g/mol. The van der Waals surface area contributed by atoms with E-state index >= 15 is 0 Å². The van der Waals surface area contributed by atoms with Gasteiger partial charge in [-0.05, 0) is 24.2 Å². The van der Waals surface area contributed by atoms with Gasteiger partial charge in [-0.25, -0.2) is 0 Å². The fourth-order valence-electron chi connectivity index (χ4n) is 2.13. The topological polar surface area (TPSA) is 34.2 Å². The Morgan fingerprint density at radius 2 is 2.05 bits per heavy atom. The van der Waals surface area contributed by atoms with E-state index in [9.17, 15) is 0 Å². The van der Waals surface area contributed by atoms with Crippen LogP contribution in [0.15, 0.2) is 36.7 Å². The van der Waals surface area contributed by atoms with Gasteiger partial charge in [0.25, 0.3) is 0 Å². The van der Waals surface area contributed by atoms with Gasteiger partial charge in [-0.1, -0.05) is 42.3 Å². The van der Waals surface area contributed by atoms with E-state index < -0.39 is 0 Å². The largest absolute Gasteiger partial charge is 0.495 e. The van der Waals surface area contributed by atoms with E-state index in [4.69, 9.17) is 27.9 Å². The zero-order chi connectivity index (χ0) is 14.5. The van der Waals surface area contributed by atoms with E-state index in [0.29, 0.717) is 10.0 Å². The van der Waals surface area contributed by atoms with Crippen LogP contribution >= 0.6 is 23.2 Å². The van der Waals surface area contributed by atoms with Crippen LogP contribution in [-0.4, -0.2) is 18.6 Å². The van der Waals surface area contributed by atoms with E-state index in [2.05, 4.69) is 10.3 Å². The molecule has 0 aliphatic rings. The summed E-state index contributed by atoms with van der Waals surface area (Å²) >= 11 is 12.5. The molecule has 20 heavy (non-hydrogen) atoms. The van der Waals surface area contributed by atoms with Crippen LogP contribution in [0.3, 0.4) is 0 Å². The number of hydrogen-bond acceptors (Lipinski definition) is 3. The Bertz CT molecular complexity index is 590. The summed E-state index contributed by atoms with van der Waals surface area (Å²) in [5, 5.41) is 4.50. The van der Waals surface area contributed by atoms with Crippen molar-refractivity contribution in [3.8, 4) is 5.75 Å². The van der Waals surface area contributed by atoms with E-state index in [-0.39, 0.29) is 6.04 Å². The molecule has 2 rings (SSSR count). The summed E-state index contributed by atoms with van der Waals surface area (Å²) in [4.78, 5) is 4.08. The van der Waals surface area contributed by atoms with Crippen LogP contribution in [0.2, 0.25) is 10.0 Å². The minimum absolute atomic E-state index is 0.0934. The van der Waals surface area contributed by atoms with Crippen molar-refractivity contribution in [1.29, 1.82) is 0 Å². The second-order valence-electron chi connectivity index (χ2n) is 4.25. The van der Waals surface area contributed by atoms with Crippen LogP contribution in [0.25, 0.3) is 0 Å². The Labute approximate surface area is 128 Å². The second-order valence-corrected chi connectivity index (χ2v) is 5.04. The maximum absolute atomic E-state index is 6.34. The first-order valence-corrected chi connectivity index (χ1v) is 7.09. The van der Waals surface area contributed by atoms with Gasteiger partial charge in [0.15, 0.2) is 0 Å². The monoisotopic (exact) mass is 310 g/mol. The van der Waals surface area contributed by atoms with Gasteiger partial charge in [-0.2, -0.15) is 0 Å². The molecule has 1 heterocycles. The highest BCUT2D eigenvalue weighted by atomic mass is 35.5. The molecule has 0 radical (unpaired) electrons. The van der Waals surface area contributed by atoms with Crippen molar-refractivity contribution in [1.82, 2.24) is 10.3 Å². The molecule has 0 aliphatic carbocycles. The van der Waals surface area contributed by atoms with Crippen molar-refractivity contribution in [2.75, 3.05) is 13.7 Å². The fraction of sp³-hybridized carbons (Fsp3) is 0.267. The molecule has 2 aromatic rings. The number of nitrogens with zero attached hydrogens (tertiary/aromatic N) is 1. The van der Waals surface area contributed by atoms with E-state index in [0.717, 1.165) is 23.4 Å². The zero-order valence-electron chi connectivity index (χ0n) is 11.4. The molecule has 5 heteroatoms. The van der Waals surface area contributed by atoms with Gasteiger partial charge in [0.2, 0.25) is 0 Å². The molecule has 0 spiro atoms. The molecular weight excluding hydrogens is 295 g/mol. The normalized spacial score (nSPS) is 12.2. The molecule has 3 nitrogen and oxygen atoms in total. The van der Waals surface area contributed by atoms with Gasteiger partial charge >= 0.3 is 0 Å². The van der Waals surface area contributed by atoms with E-state index in [1.807, 2.05) is 25.1 Å². The first-order chi connectivity index (χ1) is 9.69. The lowest BCUT2D eigenvalue weighted by Gasteiger charge is -2.22. The first-order valence-electron chi connectivity index (χ1n) is 6.34. The van der Waals surface area contributed by atoms with Crippen molar-refractivity contribution in [2.45, 2.75) is 13.0 Å². The molecule has 0 amide bonds. The van der Waals surface area contributed by atoms with Crippen molar-refractivity contribution in [2.24, 2.45) is 0 Å². The fourth-order valence-corrected chi connectivity index (χ4v) is 2.55. The minimum Gasteiger partial charge on any atom is -0.495 e. The molecule has 1 unspecified atom stereocenters. The van der Waals surface area contributed by atoms with Crippen molar-refractivity contribution in [3.05, 3.63) is 57.8 Å². The number of nitrogens with one attached hydrogen (secondary N) is 1. The second kappa shape index (κ2) is 6.93. The molecule has 106 valence electrons. The summed E-state index contributed by atoms with van der Waals surface area (Å²) in [6, 6.07) is 7.45. The van der Waals surface area contributed by atoms with Crippen LogP contribution in [0.4, 0.5) is 0 Å². The highest BCUT2D eigenvalue weighted by molar-refractivity contribution is 6.42. The number of pyridine rings is 1. The van der Waals surface area contributed by atoms with Gasteiger partial charge in [0.05, 0.1) is 29.4 Å². The molecule has 0 saturated carbocycles. The lowest BCUT2D eigenvalue weighted by molar-refractivity contribution is 0.402. The Kier molecular flexibility index (Phi) is 5.24. The molecular formula is C15H16Cl2N2O. The summed E-state index contributed by atoms with van der Waals surface area (Å²) < 4.78 is 5.39. The number of benzene rings is 1. The highest BCUT2D eigenvalue weighted by Crippen LogP contribution is 2.36. The predicted octanol–water partition coefficient (Wildman–Crippen LogP) is 4.10. The molecule has 1 N–H and O–H groups in total. The smallest absolute Gasteiger partial charge is 0.142 e. The van der Waals surface area contributed by atoms with Crippen LogP contribution in [-0.2, 0) is 0 Å². The Hall–Kier alpha value is -1.29. The van der Waals surface area contributed by atoms with Crippen molar-refractivity contribution in [3.63, 3.8) is 0 Å². The number of methoxy groups -OCH3 is 1. The third-order valence-corrected chi connectivity index (χ3v) is 3.88. The molecule has 1 atom stereocenters. The van der Waals surface area contributed by atoms with Crippen LogP contribution in [0, 0.1) is 0 Å². The third kappa shape index (κ3) is 3.06. The van der Waals surface area contributed by atoms with Crippen molar-refractivity contribution >= 4 is 23.2 Å². The lowest BCUT2D eigenvalue weighted by atomic mass is 9.98. The summed E-state index contributed by atoms with van der Waals surface area (Å²) in [7, 11) is 1.63. The molecule has 0 saturated heterocycles. The zero-order valence-corrected chi connectivity index (χ0v) is 12.9. The number of aromatic nitrogens is 1. The van der Waals surface area contributed by atoms with Crippen LogP contribution < -0.4 is 10.1 Å². The van der Waals surface area contributed by atoms with Gasteiger partial charge in [-0.15, -0.1) is 0 Å². The Morgan fingerprint density at radius 1 is 1.25 bits per heavy atom. The van der Waals surface area contributed by atoms with Crippen LogP contribution in [0.1, 0.15) is 24.1 Å². The molecule has 1 aromatic carbocycles. The molecule has 0 bridgehead atoms. The third-order valence-electron chi connectivity index (χ3n) is 3.05. The molecule has 0 aliphatic heterocycles. The molecule has 1 aromatic heterocycles. The standard InChI is InChI=1S/C15H16Cl2N2O/c1-3-19-15(10-7-8-18-9-13(10)20-2)11-5-4-6-12(16)14(11)17/h4-9,15,19H,3H2,1-2H3. The molecule has 0 fully saturated rings. The minimum atomic E-state index is -0.0934. The maximum Gasteiger partial charge on any atom is 0.142 e. The van der Waals surface area contributed by atoms with E-state index in [1.54, 1.807) is 25.6 Å². The highest BCUT2D eigenvalue weighted by Gasteiger charge is 2.20. The Balaban J connectivity index is 2.53. The summed E-state index contributed by atoms with van der Waals surface area (Å²) in [6.45, 7) is 2.83. The lowest BCUT2D eigenvalue weighted by Crippen LogP contribution is -2.23. The number of ether oxygens (including phenoxy) is 1. The summed E-state index contributed by atoms with van der Waals surface area (Å²) in [5.74, 6) is 0.717. The van der Waals surface area contributed by atoms with E-state index in [1.165, 1.54) is 0 Å². The number of rotatable bonds is 5. The SMILES string of the molecule is CCNC(c1ccncc1OC)c1cccc(Cl)c1Cl. The Morgan fingerprint density at radius 3 is 2.75 bits per heavy atom. The first kappa shape index (κ1) is 15.1. The summed E-state index contributed by atoms with van der Waals surface area (Å²) in [5.41, 5.74) is 1.90. The maximum atomic E-state index is 6.34. The van der Waals surface area contributed by atoms with Gasteiger partial charge < -0.3 is 10.1 Å². The van der Waals surface area contributed by atoms with Gasteiger partial charge in [-0.3, -0.25) is 4.98 Å². The quantitative estimate of drug-likeness (QED) is 0.903. The van der Waals surface area contributed by atoms with Gasteiger partial charge in [0.1, 0.15) is 5.75 Å². The number of hydrogen-bond donors (Lipinski definition) is 1. The summed E-state index contributed by atoms with van der Waals surface area (Å²) in [6.07, 6.45) is 3.43.